The van der Waals surface area contributed by atoms with E-state index in [4.69, 9.17) is 40.2 Å². The first-order chi connectivity index (χ1) is 17.3. The van der Waals surface area contributed by atoms with Crippen LogP contribution in [-0.4, -0.2) is 91.1 Å². The average Bonchev–Trinajstić information content (AvgIpc) is 3.08. The molecule has 2 aliphatic heterocycles. The molecule has 0 aromatic heterocycles. The third-order valence-corrected chi connectivity index (χ3v) is 7.44. The molecule has 36 heavy (non-hydrogen) atoms. The predicted octanol–water partition coefficient (Wildman–Crippen LogP) is 3.58. The van der Waals surface area contributed by atoms with Crippen molar-refractivity contribution in [1.82, 2.24) is 14.7 Å². The Morgan fingerprint density at radius 3 is 2.42 bits per heavy atom. The van der Waals surface area contributed by atoms with Gasteiger partial charge in [-0.25, -0.2) is 0 Å². The summed E-state index contributed by atoms with van der Waals surface area (Å²) < 4.78 is 5.24. The number of likely N-dealkylation sites (N-methyl/N-ethyl adjacent to an activating group) is 1. The number of carbonyl (C=O) groups excluding carboxylic acids is 2. The summed E-state index contributed by atoms with van der Waals surface area (Å²) in [7, 11) is 3.64. The number of ether oxygens (including phenoxy) is 1. The molecule has 1 N–H and O–H groups in total. The van der Waals surface area contributed by atoms with Gasteiger partial charge in [-0.05, 0) is 61.7 Å². The Morgan fingerprint density at radius 2 is 1.78 bits per heavy atom. The molecule has 2 fully saturated rings. The maximum atomic E-state index is 13.6. The molecule has 2 amide bonds. The molecule has 2 aromatic rings. The molecule has 4 rings (SSSR count). The molecule has 8 nitrogen and oxygen atoms in total. The molecule has 1 atom stereocenters. The fourth-order valence-electron chi connectivity index (χ4n) is 4.36. The second kappa shape index (κ2) is 11.7. The third kappa shape index (κ3) is 6.10. The molecule has 2 aliphatic rings. The van der Waals surface area contributed by atoms with Crippen molar-refractivity contribution >= 4 is 63.7 Å². The van der Waals surface area contributed by atoms with E-state index in [-0.39, 0.29) is 18.2 Å². The zero-order valence-electron chi connectivity index (χ0n) is 20.2. The number of benzene rings is 2. The zero-order valence-corrected chi connectivity index (χ0v) is 22.6. The van der Waals surface area contributed by atoms with Crippen molar-refractivity contribution < 1.29 is 14.3 Å². The van der Waals surface area contributed by atoms with Crippen LogP contribution in [0.2, 0.25) is 10.0 Å². The molecule has 2 aromatic carbocycles. The normalized spacial score (nSPS) is 19.2. The van der Waals surface area contributed by atoms with Crippen molar-refractivity contribution in [2.24, 2.45) is 0 Å². The fraction of sp³-hybridized carbons (Fsp3) is 0.400. The highest BCUT2D eigenvalue weighted by Gasteiger charge is 2.44. The molecule has 0 saturated carbocycles. The van der Waals surface area contributed by atoms with Gasteiger partial charge in [0, 0.05) is 50.0 Å². The number of piperazine rings is 1. The van der Waals surface area contributed by atoms with Gasteiger partial charge in [0.2, 0.25) is 5.91 Å². The van der Waals surface area contributed by atoms with Gasteiger partial charge in [-0.2, -0.15) is 0 Å². The molecule has 11 heteroatoms. The summed E-state index contributed by atoms with van der Waals surface area (Å²) in [4.78, 5) is 34.5. The maximum Gasteiger partial charge on any atom is 0.256 e. The summed E-state index contributed by atoms with van der Waals surface area (Å²) in [5.74, 6) is -0.0349. The van der Waals surface area contributed by atoms with Crippen LogP contribution in [0, 0.1) is 0 Å². The number of amides is 2. The second-order valence-corrected chi connectivity index (χ2v) is 10.1. The van der Waals surface area contributed by atoms with Crippen molar-refractivity contribution in [3.8, 4) is 5.75 Å². The van der Waals surface area contributed by atoms with E-state index < -0.39 is 6.04 Å². The van der Waals surface area contributed by atoms with E-state index in [9.17, 15) is 9.59 Å². The first kappa shape index (κ1) is 26.6. The maximum absolute atomic E-state index is 13.6. The predicted molar refractivity (Wildman–Crippen MR) is 147 cm³/mol. The Kier molecular flexibility index (Phi) is 8.69. The molecular weight excluding hydrogens is 521 g/mol. The number of hydrogen-bond donors (Lipinski definition) is 1. The topological polar surface area (TPSA) is 68.4 Å². The van der Waals surface area contributed by atoms with Gasteiger partial charge in [0.25, 0.3) is 5.91 Å². The molecular formula is C25H29Cl2N5O3S. The van der Waals surface area contributed by atoms with Crippen LogP contribution in [0.15, 0.2) is 42.5 Å². The van der Waals surface area contributed by atoms with Crippen LogP contribution >= 0.6 is 35.4 Å². The van der Waals surface area contributed by atoms with Crippen LogP contribution in [0.3, 0.4) is 0 Å². The van der Waals surface area contributed by atoms with Gasteiger partial charge in [0.05, 0.1) is 24.2 Å². The number of anilines is 2. The zero-order chi connectivity index (χ0) is 25.8. The van der Waals surface area contributed by atoms with E-state index in [1.165, 1.54) is 12.0 Å². The lowest BCUT2D eigenvalue weighted by Gasteiger charge is -2.34. The number of nitrogens with zero attached hydrogens (tertiary/aromatic N) is 4. The van der Waals surface area contributed by atoms with E-state index >= 15 is 0 Å². The summed E-state index contributed by atoms with van der Waals surface area (Å²) in [6, 6.07) is 11.2. The number of rotatable bonds is 8. The van der Waals surface area contributed by atoms with Crippen molar-refractivity contribution in [3.05, 3.63) is 52.5 Å². The summed E-state index contributed by atoms with van der Waals surface area (Å²) in [6.45, 7) is 5.16. The van der Waals surface area contributed by atoms with Crippen molar-refractivity contribution in [1.29, 1.82) is 0 Å². The number of hydrogen-bond acceptors (Lipinski definition) is 6. The molecule has 0 spiro atoms. The monoisotopic (exact) mass is 549 g/mol. The smallest absolute Gasteiger partial charge is 0.256 e. The minimum absolute atomic E-state index is 0.0370. The van der Waals surface area contributed by atoms with E-state index in [0.717, 1.165) is 32.7 Å². The van der Waals surface area contributed by atoms with E-state index in [1.807, 2.05) is 4.90 Å². The SMILES string of the molecule is COc1ccc(N2C(=O)[C@H](CC(=O)Nc3ccc(Cl)cc3)N(CCN3CCN(C)CC3)C2=S)cc1Cl. The lowest BCUT2D eigenvalue weighted by molar-refractivity contribution is -0.124. The Morgan fingerprint density at radius 1 is 1.08 bits per heavy atom. The molecule has 0 radical (unpaired) electrons. The lowest BCUT2D eigenvalue weighted by atomic mass is 10.1. The lowest BCUT2D eigenvalue weighted by Crippen LogP contribution is -2.48. The van der Waals surface area contributed by atoms with Crippen LogP contribution < -0.4 is 15.0 Å². The number of nitrogens with one attached hydrogen (secondary N) is 1. The molecule has 0 aliphatic carbocycles. The molecule has 0 unspecified atom stereocenters. The Labute approximate surface area is 226 Å². The van der Waals surface area contributed by atoms with Crippen LogP contribution in [0.5, 0.6) is 5.75 Å². The minimum Gasteiger partial charge on any atom is -0.495 e. The van der Waals surface area contributed by atoms with Gasteiger partial charge in [-0.1, -0.05) is 23.2 Å². The standard InChI is InChI=1S/C25H29Cl2N5O3S/c1-29-9-11-30(12-10-29)13-14-31-21(16-23(33)28-18-5-3-17(26)4-6-18)24(34)32(25(31)36)19-7-8-22(35-2)20(27)15-19/h3-8,15,21H,9-14,16H2,1-2H3,(H,28,33)/t21-/m0/s1. The first-order valence-corrected chi connectivity index (χ1v) is 12.9. The largest absolute Gasteiger partial charge is 0.495 e. The van der Waals surface area contributed by atoms with Gasteiger partial charge in [0.15, 0.2) is 5.11 Å². The number of methoxy groups -OCH3 is 1. The Hall–Kier alpha value is -2.43. The van der Waals surface area contributed by atoms with Crippen molar-refractivity contribution in [2.45, 2.75) is 12.5 Å². The van der Waals surface area contributed by atoms with E-state index in [0.29, 0.717) is 38.8 Å². The quantitative estimate of drug-likeness (QED) is 0.504. The highest BCUT2D eigenvalue weighted by molar-refractivity contribution is 7.80. The Bertz CT molecular complexity index is 1130. The number of thiocarbonyl (C=S) groups is 1. The van der Waals surface area contributed by atoms with Gasteiger partial charge in [0.1, 0.15) is 11.8 Å². The van der Waals surface area contributed by atoms with Gasteiger partial charge in [-0.15, -0.1) is 0 Å². The minimum atomic E-state index is -0.724. The summed E-state index contributed by atoms with van der Waals surface area (Å²) in [5.41, 5.74) is 1.15. The molecule has 0 bridgehead atoms. The van der Waals surface area contributed by atoms with Crippen molar-refractivity contribution in [3.63, 3.8) is 0 Å². The van der Waals surface area contributed by atoms with Crippen LogP contribution in [0.4, 0.5) is 11.4 Å². The van der Waals surface area contributed by atoms with Gasteiger partial charge >= 0.3 is 0 Å². The summed E-state index contributed by atoms with van der Waals surface area (Å²) in [6.07, 6.45) is -0.0370. The van der Waals surface area contributed by atoms with Crippen LogP contribution in [0.25, 0.3) is 0 Å². The highest BCUT2D eigenvalue weighted by atomic mass is 35.5. The summed E-state index contributed by atoms with van der Waals surface area (Å²) in [5, 5.41) is 4.16. The van der Waals surface area contributed by atoms with Gasteiger partial charge in [-0.3, -0.25) is 19.4 Å². The van der Waals surface area contributed by atoms with Crippen LogP contribution in [-0.2, 0) is 9.59 Å². The fourth-order valence-corrected chi connectivity index (χ4v) is 5.15. The number of carbonyl (C=O) groups is 2. The molecule has 2 saturated heterocycles. The highest BCUT2D eigenvalue weighted by Crippen LogP contribution is 2.33. The first-order valence-electron chi connectivity index (χ1n) is 11.7. The Balaban J connectivity index is 1.53. The number of halogens is 2. The third-order valence-electron chi connectivity index (χ3n) is 6.47. The molecule has 2 heterocycles. The van der Waals surface area contributed by atoms with E-state index in [1.54, 1.807) is 42.5 Å². The van der Waals surface area contributed by atoms with Crippen LogP contribution in [0.1, 0.15) is 6.42 Å². The van der Waals surface area contributed by atoms with Crippen molar-refractivity contribution in [2.75, 3.05) is 63.6 Å². The second-order valence-electron chi connectivity index (χ2n) is 8.89. The van der Waals surface area contributed by atoms with Gasteiger partial charge < -0.3 is 19.9 Å². The van der Waals surface area contributed by atoms with E-state index in [2.05, 4.69) is 22.2 Å². The summed E-state index contributed by atoms with van der Waals surface area (Å²) >= 11 is 18.0. The molecule has 192 valence electrons. The average molecular weight is 551 g/mol.